The summed E-state index contributed by atoms with van der Waals surface area (Å²) in [5.41, 5.74) is 4.82. The van der Waals surface area contributed by atoms with E-state index in [2.05, 4.69) is 5.32 Å². The Morgan fingerprint density at radius 1 is 0.732 bits per heavy atom. The molecule has 2 atom stereocenters. The molecule has 5 rings (SSSR count). The van der Waals surface area contributed by atoms with Gasteiger partial charge in [-0.05, 0) is 34.4 Å². The number of ketones is 1. The molecule has 0 aliphatic carbocycles. The Hall–Kier alpha value is -5.04. The lowest BCUT2D eigenvalue weighted by molar-refractivity contribution is -0.148. The second-order valence-corrected chi connectivity index (χ2v) is 10.2. The van der Waals surface area contributed by atoms with Gasteiger partial charge in [-0.2, -0.15) is 0 Å². The summed E-state index contributed by atoms with van der Waals surface area (Å²) in [4.78, 5) is 53.6. The van der Waals surface area contributed by atoms with E-state index < -0.39 is 23.8 Å². The quantitative estimate of drug-likeness (QED) is 0.266. The number of aliphatic carboxylic acids is 1. The fourth-order valence-corrected chi connectivity index (χ4v) is 5.16. The molecule has 7 nitrogen and oxygen atoms in total. The zero-order valence-corrected chi connectivity index (χ0v) is 22.4. The van der Waals surface area contributed by atoms with Crippen molar-refractivity contribution in [2.45, 2.75) is 31.8 Å². The molecule has 1 aliphatic rings. The molecule has 0 fully saturated rings. The highest BCUT2D eigenvalue weighted by molar-refractivity contribution is 6.00. The van der Waals surface area contributed by atoms with Crippen molar-refractivity contribution in [1.82, 2.24) is 4.90 Å². The van der Waals surface area contributed by atoms with Gasteiger partial charge in [0.1, 0.15) is 6.04 Å². The Morgan fingerprint density at radius 2 is 1.32 bits per heavy atom. The molecule has 0 aromatic heterocycles. The lowest BCUT2D eigenvalue weighted by Crippen LogP contribution is -2.51. The molecule has 2 unspecified atom stereocenters. The maximum atomic E-state index is 13.6. The molecule has 0 radical (unpaired) electrons. The van der Waals surface area contributed by atoms with Gasteiger partial charge >= 0.3 is 5.97 Å². The van der Waals surface area contributed by atoms with Crippen molar-refractivity contribution >= 4 is 29.3 Å². The van der Waals surface area contributed by atoms with Crippen molar-refractivity contribution in [1.29, 1.82) is 0 Å². The van der Waals surface area contributed by atoms with Gasteiger partial charge in [0.15, 0.2) is 5.78 Å². The number of nitrogens with zero attached hydrogens (tertiary/aromatic N) is 1. The molecule has 0 saturated carbocycles. The normalized spacial score (nSPS) is 14.9. The standard InChI is InChI=1S/C34H30N2O5/c37-31(25-17-15-24(16-18-25)23-9-3-1-4-10-23)20-28(34(40)41)21-32(38)36-22-27-12-8-7-11-26(27)19-30(36)33(39)35-29-13-5-2-6-14-29/h1-18,28,30H,19-22H2,(H,35,39)(H,40,41). The van der Waals surface area contributed by atoms with Crippen LogP contribution >= 0.6 is 0 Å². The SMILES string of the molecule is O=C(CC(CC(=O)N1Cc2ccccc2CC1C(=O)Nc1ccccc1)C(=O)O)c1ccc(-c2ccccc2)cc1. The number of carbonyl (C=O) groups excluding carboxylic acids is 3. The van der Waals surface area contributed by atoms with Crippen LogP contribution in [0.5, 0.6) is 0 Å². The van der Waals surface area contributed by atoms with Crippen LogP contribution in [0.1, 0.15) is 34.3 Å². The Labute approximate surface area is 238 Å². The zero-order valence-electron chi connectivity index (χ0n) is 22.4. The van der Waals surface area contributed by atoms with Crippen molar-refractivity contribution in [3.05, 3.63) is 126 Å². The molecule has 41 heavy (non-hydrogen) atoms. The van der Waals surface area contributed by atoms with E-state index in [0.717, 1.165) is 22.3 Å². The Kier molecular flexibility index (Phi) is 8.34. The maximum absolute atomic E-state index is 13.6. The van der Waals surface area contributed by atoms with Crippen LogP contribution in [0.4, 0.5) is 5.69 Å². The highest BCUT2D eigenvalue weighted by atomic mass is 16.4. The number of nitrogens with one attached hydrogen (secondary N) is 1. The van der Waals surface area contributed by atoms with Crippen LogP contribution in [0.15, 0.2) is 109 Å². The van der Waals surface area contributed by atoms with Crippen LogP contribution in [0.25, 0.3) is 11.1 Å². The van der Waals surface area contributed by atoms with Crippen LogP contribution in [-0.4, -0.2) is 39.6 Å². The number of hydrogen-bond donors (Lipinski definition) is 2. The number of amides is 2. The second kappa shape index (κ2) is 12.4. The highest BCUT2D eigenvalue weighted by Gasteiger charge is 2.36. The molecule has 206 valence electrons. The Morgan fingerprint density at radius 3 is 1.98 bits per heavy atom. The molecule has 7 heteroatoms. The molecular formula is C34H30N2O5. The first-order valence-corrected chi connectivity index (χ1v) is 13.5. The number of rotatable bonds is 9. The molecule has 4 aromatic carbocycles. The van der Waals surface area contributed by atoms with Crippen LogP contribution < -0.4 is 5.32 Å². The van der Waals surface area contributed by atoms with E-state index in [1.54, 1.807) is 36.4 Å². The maximum Gasteiger partial charge on any atom is 0.307 e. The molecular weight excluding hydrogens is 516 g/mol. The third-order valence-corrected chi connectivity index (χ3v) is 7.43. The summed E-state index contributed by atoms with van der Waals surface area (Å²) >= 11 is 0. The number of benzene rings is 4. The molecule has 2 amide bonds. The number of fused-ring (bicyclic) bond motifs is 1. The van der Waals surface area contributed by atoms with Gasteiger partial charge in [-0.1, -0.05) is 97.1 Å². The van der Waals surface area contributed by atoms with E-state index >= 15 is 0 Å². The summed E-state index contributed by atoms with van der Waals surface area (Å²) in [5.74, 6) is -3.63. The summed E-state index contributed by atoms with van der Waals surface area (Å²) in [5, 5.41) is 12.8. The Bertz CT molecular complexity index is 1550. The summed E-state index contributed by atoms with van der Waals surface area (Å²) in [6.07, 6.45) is -0.400. The summed E-state index contributed by atoms with van der Waals surface area (Å²) in [7, 11) is 0. The minimum absolute atomic E-state index is 0.184. The smallest absolute Gasteiger partial charge is 0.307 e. The molecule has 1 aliphatic heterocycles. The summed E-state index contributed by atoms with van der Waals surface area (Å²) in [6, 6.07) is 32.5. The number of carbonyl (C=O) groups is 4. The molecule has 2 N–H and O–H groups in total. The number of hydrogen-bond acceptors (Lipinski definition) is 4. The first-order chi connectivity index (χ1) is 19.9. The second-order valence-electron chi connectivity index (χ2n) is 10.2. The minimum atomic E-state index is -1.23. The topological polar surface area (TPSA) is 104 Å². The van der Waals surface area contributed by atoms with Gasteiger partial charge in [0.05, 0.1) is 5.92 Å². The third kappa shape index (κ3) is 6.58. The predicted octanol–water partition coefficient (Wildman–Crippen LogP) is 5.61. The lowest BCUT2D eigenvalue weighted by Gasteiger charge is -2.36. The third-order valence-electron chi connectivity index (χ3n) is 7.43. The van der Waals surface area contributed by atoms with Crippen molar-refractivity contribution in [2.75, 3.05) is 5.32 Å². The van der Waals surface area contributed by atoms with Gasteiger partial charge in [0.25, 0.3) is 0 Å². The van der Waals surface area contributed by atoms with E-state index in [9.17, 15) is 24.3 Å². The highest BCUT2D eigenvalue weighted by Crippen LogP contribution is 2.27. The van der Waals surface area contributed by atoms with E-state index in [4.69, 9.17) is 0 Å². The van der Waals surface area contributed by atoms with Crippen molar-refractivity contribution in [3.63, 3.8) is 0 Å². The van der Waals surface area contributed by atoms with Gasteiger partial charge in [-0.3, -0.25) is 19.2 Å². The lowest BCUT2D eigenvalue weighted by atomic mass is 9.90. The van der Waals surface area contributed by atoms with Crippen LogP contribution in [0, 0.1) is 5.92 Å². The minimum Gasteiger partial charge on any atom is -0.481 e. The van der Waals surface area contributed by atoms with Crippen LogP contribution in [-0.2, 0) is 27.3 Å². The fraction of sp³-hybridized carbons (Fsp3) is 0.176. The molecule has 0 spiro atoms. The first-order valence-electron chi connectivity index (χ1n) is 13.5. The van der Waals surface area contributed by atoms with E-state index in [-0.39, 0.29) is 31.1 Å². The fourth-order valence-electron chi connectivity index (χ4n) is 5.16. The number of carboxylic acids is 1. The monoisotopic (exact) mass is 546 g/mol. The number of anilines is 1. The Balaban J connectivity index is 1.31. The van der Waals surface area contributed by atoms with Gasteiger partial charge in [-0.25, -0.2) is 0 Å². The largest absolute Gasteiger partial charge is 0.481 e. The van der Waals surface area contributed by atoms with Crippen molar-refractivity contribution in [2.24, 2.45) is 5.92 Å². The molecule has 1 heterocycles. The van der Waals surface area contributed by atoms with E-state index in [1.165, 1.54) is 4.90 Å². The predicted molar refractivity (Wildman–Crippen MR) is 156 cm³/mol. The molecule has 0 bridgehead atoms. The molecule has 0 saturated heterocycles. The van der Waals surface area contributed by atoms with E-state index in [0.29, 0.717) is 17.7 Å². The number of para-hydroxylation sites is 1. The average molecular weight is 547 g/mol. The molecule has 4 aromatic rings. The number of carboxylic acid groups (broad SMARTS) is 1. The van der Waals surface area contributed by atoms with Gasteiger partial charge < -0.3 is 15.3 Å². The first kappa shape index (κ1) is 27.5. The van der Waals surface area contributed by atoms with Gasteiger partial charge in [-0.15, -0.1) is 0 Å². The van der Waals surface area contributed by atoms with Crippen molar-refractivity contribution in [3.8, 4) is 11.1 Å². The van der Waals surface area contributed by atoms with Crippen LogP contribution in [0.3, 0.4) is 0 Å². The van der Waals surface area contributed by atoms with Crippen molar-refractivity contribution < 1.29 is 24.3 Å². The van der Waals surface area contributed by atoms with Crippen LogP contribution in [0.2, 0.25) is 0 Å². The van der Waals surface area contributed by atoms with Gasteiger partial charge in [0, 0.05) is 37.1 Å². The van der Waals surface area contributed by atoms with Gasteiger partial charge in [0.2, 0.25) is 11.8 Å². The van der Waals surface area contributed by atoms with E-state index in [1.807, 2.05) is 72.8 Å². The summed E-state index contributed by atoms with van der Waals surface area (Å²) in [6.45, 7) is 0.184. The average Bonchev–Trinajstić information content (AvgIpc) is 3.01. The number of Topliss-reactive ketones (excluding diaryl/α,β-unsaturated/α-hetero) is 1. The zero-order chi connectivity index (χ0) is 28.8. The summed E-state index contributed by atoms with van der Waals surface area (Å²) < 4.78 is 0.